The Kier molecular flexibility index (Phi) is 4.90. The van der Waals surface area contributed by atoms with Crippen molar-refractivity contribution in [1.29, 1.82) is 0 Å². The summed E-state index contributed by atoms with van der Waals surface area (Å²) in [6.45, 7) is 3.40. The van der Waals surface area contributed by atoms with Gasteiger partial charge in [0.15, 0.2) is 0 Å². The van der Waals surface area contributed by atoms with Gasteiger partial charge in [-0.05, 0) is 37.8 Å². The van der Waals surface area contributed by atoms with Crippen LogP contribution in [0.1, 0.15) is 37.2 Å². The van der Waals surface area contributed by atoms with Crippen LogP contribution in [0.2, 0.25) is 0 Å². The first kappa shape index (κ1) is 15.3. The number of imidazole rings is 1. The van der Waals surface area contributed by atoms with Crippen molar-refractivity contribution in [3.63, 3.8) is 0 Å². The average Bonchev–Trinajstić information content (AvgIpc) is 3.18. The normalized spacial score (nSPS) is 17.0. The first-order valence-corrected chi connectivity index (χ1v) is 8.23. The number of hydrogen-bond acceptors (Lipinski definition) is 3. The third kappa shape index (κ3) is 3.39. The molecule has 2 N–H and O–H groups in total. The van der Waals surface area contributed by atoms with E-state index in [1.807, 2.05) is 31.3 Å². The van der Waals surface area contributed by atoms with Crippen LogP contribution in [0.25, 0.3) is 5.69 Å². The molecule has 4 nitrogen and oxygen atoms in total. The molecule has 1 atom stereocenters. The van der Waals surface area contributed by atoms with Gasteiger partial charge in [0, 0.05) is 18.8 Å². The zero-order valence-electron chi connectivity index (χ0n) is 13.2. The van der Waals surface area contributed by atoms with Gasteiger partial charge in [-0.1, -0.05) is 31.0 Å². The molecule has 2 aromatic rings. The van der Waals surface area contributed by atoms with E-state index in [0.717, 1.165) is 23.8 Å². The van der Waals surface area contributed by atoms with Gasteiger partial charge in [0.05, 0.1) is 18.0 Å². The maximum absolute atomic E-state index is 10.2. The Morgan fingerprint density at radius 1 is 1.27 bits per heavy atom. The maximum Gasteiger partial charge on any atom is 0.110 e. The van der Waals surface area contributed by atoms with E-state index in [1.165, 1.54) is 25.7 Å². The minimum absolute atomic E-state index is 0.225. The summed E-state index contributed by atoms with van der Waals surface area (Å²) in [4.78, 5) is 4.43. The Morgan fingerprint density at radius 2 is 2.00 bits per heavy atom. The summed E-state index contributed by atoms with van der Waals surface area (Å²) in [6, 6.07) is 10.3. The molecule has 3 rings (SSSR count). The van der Waals surface area contributed by atoms with Gasteiger partial charge < -0.3 is 10.4 Å². The fourth-order valence-corrected chi connectivity index (χ4v) is 3.40. The summed E-state index contributed by atoms with van der Waals surface area (Å²) < 4.78 is 2.16. The van der Waals surface area contributed by atoms with Crippen LogP contribution in [0.3, 0.4) is 0 Å². The lowest BCUT2D eigenvalue weighted by atomic mass is 10.0. The van der Waals surface area contributed by atoms with Crippen molar-refractivity contribution in [2.75, 3.05) is 6.54 Å². The molecule has 118 valence electrons. The van der Waals surface area contributed by atoms with E-state index >= 15 is 0 Å². The molecule has 0 saturated heterocycles. The van der Waals surface area contributed by atoms with Crippen molar-refractivity contribution >= 4 is 0 Å². The van der Waals surface area contributed by atoms with Gasteiger partial charge in [0.1, 0.15) is 5.82 Å². The van der Waals surface area contributed by atoms with Gasteiger partial charge in [0.25, 0.3) is 0 Å². The van der Waals surface area contributed by atoms with E-state index in [0.29, 0.717) is 12.5 Å². The monoisotopic (exact) mass is 299 g/mol. The summed E-state index contributed by atoms with van der Waals surface area (Å²) in [5.41, 5.74) is 2.26. The van der Waals surface area contributed by atoms with Crippen LogP contribution < -0.4 is 5.32 Å². The number of para-hydroxylation sites is 1. The molecule has 1 heterocycles. The smallest absolute Gasteiger partial charge is 0.110 e. The lowest BCUT2D eigenvalue weighted by molar-refractivity contribution is 0.109. The van der Waals surface area contributed by atoms with Crippen LogP contribution in [-0.4, -0.2) is 27.3 Å². The van der Waals surface area contributed by atoms with Gasteiger partial charge in [-0.15, -0.1) is 0 Å². The predicted octanol–water partition coefficient (Wildman–Crippen LogP) is 2.82. The van der Waals surface area contributed by atoms with E-state index in [2.05, 4.69) is 27.0 Å². The molecule has 1 unspecified atom stereocenters. The van der Waals surface area contributed by atoms with Crippen LogP contribution in [0, 0.1) is 12.8 Å². The van der Waals surface area contributed by atoms with Crippen molar-refractivity contribution < 1.29 is 5.11 Å². The number of aromatic nitrogens is 2. The average molecular weight is 299 g/mol. The number of aryl methyl sites for hydroxylation is 1. The highest BCUT2D eigenvalue weighted by Gasteiger charge is 2.22. The van der Waals surface area contributed by atoms with Crippen LogP contribution in [0.4, 0.5) is 0 Å². The molecular formula is C18H25N3O. The third-order valence-electron chi connectivity index (χ3n) is 4.63. The number of rotatable bonds is 6. The summed E-state index contributed by atoms with van der Waals surface area (Å²) in [5.74, 6) is 1.47. The van der Waals surface area contributed by atoms with Crippen LogP contribution in [0.5, 0.6) is 0 Å². The quantitative estimate of drug-likeness (QED) is 0.862. The highest BCUT2D eigenvalue weighted by Crippen LogP contribution is 2.27. The minimum atomic E-state index is -0.225. The summed E-state index contributed by atoms with van der Waals surface area (Å²) in [7, 11) is 0. The standard InChI is InChI=1S/C18H25N3O/c1-14-20-12-17(21(14)16-9-3-2-4-10-16)11-19-13-18(22)15-7-5-6-8-15/h2-4,9-10,12,15,18-19,22H,5-8,11,13H2,1H3. The van der Waals surface area contributed by atoms with Gasteiger partial charge in [0.2, 0.25) is 0 Å². The predicted molar refractivity (Wildman–Crippen MR) is 88.0 cm³/mol. The van der Waals surface area contributed by atoms with E-state index in [-0.39, 0.29) is 6.10 Å². The fourth-order valence-electron chi connectivity index (χ4n) is 3.40. The minimum Gasteiger partial charge on any atom is -0.392 e. The third-order valence-corrected chi connectivity index (χ3v) is 4.63. The molecular weight excluding hydrogens is 274 g/mol. The molecule has 1 fully saturated rings. The lowest BCUT2D eigenvalue weighted by Gasteiger charge is -2.18. The number of hydrogen-bond donors (Lipinski definition) is 2. The second-order valence-electron chi connectivity index (χ2n) is 6.21. The van der Waals surface area contributed by atoms with E-state index in [1.54, 1.807) is 0 Å². The fraction of sp³-hybridized carbons (Fsp3) is 0.500. The molecule has 0 amide bonds. The van der Waals surface area contributed by atoms with Gasteiger partial charge in [-0.2, -0.15) is 0 Å². The Hall–Kier alpha value is -1.65. The lowest BCUT2D eigenvalue weighted by Crippen LogP contribution is -2.32. The molecule has 1 aliphatic rings. The molecule has 1 aromatic carbocycles. The Balaban J connectivity index is 1.61. The van der Waals surface area contributed by atoms with E-state index < -0.39 is 0 Å². The van der Waals surface area contributed by atoms with Crippen molar-refractivity contribution in [3.8, 4) is 5.69 Å². The largest absolute Gasteiger partial charge is 0.392 e. The van der Waals surface area contributed by atoms with Gasteiger partial charge in [-0.25, -0.2) is 4.98 Å². The molecule has 1 aromatic heterocycles. The zero-order chi connectivity index (χ0) is 15.4. The molecule has 0 spiro atoms. The first-order chi connectivity index (χ1) is 10.8. The number of nitrogens with one attached hydrogen (secondary N) is 1. The van der Waals surface area contributed by atoms with Crippen molar-refractivity contribution in [2.45, 2.75) is 45.3 Å². The van der Waals surface area contributed by atoms with Crippen molar-refractivity contribution in [3.05, 3.63) is 48.0 Å². The molecule has 1 saturated carbocycles. The van der Waals surface area contributed by atoms with Crippen LogP contribution >= 0.6 is 0 Å². The number of nitrogens with zero attached hydrogens (tertiary/aromatic N) is 2. The second kappa shape index (κ2) is 7.07. The van der Waals surface area contributed by atoms with Gasteiger partial charge in [-0.3, -0.25) is 4.57 Å². The number of aliphatic hydroxyl groups is 1. The van der Waals surface area contributed by atoms with E-state index in [9.17, 15) is 5.11 Å². The SMILES string of the molecule is Cc1ncc(CNCC(O)C2CCCC2)n1-c1ccccc1. The topological polar surface area (TPSA) is 50.1 Å². The summed E-state index contributed by atoms with van der Waals surface area (Å²) in [6.07, 6.45) is 6.56. The van der Waals surface area contributed by atoms with Crippen LogP contribution in [0.15, 0.2) is 36.5 Å². The molecule has 0 bridgehead atoms. The zero-order valence-corrected chi connectivity index (χ0v) is 13.2. The molecule has 1 aliphatic carbocycles. The Morgan fingerprint density at radius 3 is 2.73 bits per heavy atom. The Labute approximate surface area is 132 Å². The second-order valence-corrected chi connectivity index (χ2v) is 6.21. The molecule has 0 aliphatic heterocycles. The van der Waals surface area contributed by atoms with Crippen LogP contribution in [-0.2, 0) is 6.54 Å². The van der Waals surface area contributed by atoms with Crippen molar-refractivity contribution in [2.24, 2.45) is 5.92 Å². The Bertz CT molecular complexity index is 588. The highest BCUT2D eigenvalue weighted by molar-refractivity contribution is 5.35. The molecule has 22 heavy (non-hydrogen) atoms. The van der Waals surface area contributed by atoms with E-state index in [4.69, 9.17) is 0 Å². The first-order valence-electron chi connectivity index (χ1n) is 8.23. The van der Waals surface area contributed by atoms with Crippen molar-refractivity contribution in [1.82, 2.24) is 14.9 Å². The maximum atomic E-state index is 10.2. The summed E-state index contributed by atoms with van der Waals surface area (Å²) in [5, 5.41) is 13.6. The van der Waals surface area contributed by atoms with Gasteiger partial charge >= 0.3 is 0 Å². The number of benzene rings is 1. The highest BCUT2D eigenvalue weighted by atomic mass is 16.3. The number of aliphatic hydroxyl groups excluding tert-OH is 1. The molecule has 4 heteroatoms. The summed E-state index contributed by atoms with van der Waals surface area (Å²) >= 11 is 0. The molecule has 0 radical (unpaired) electrons.